The maximum Gasteiger partial charge on any atom is 0.444 e. The van der Waals surface area contributed by atoms with E-state index in [2.05, 4.69) is 10.6 Å². The van der Waals surface area contributed by atoms with Crippen molar-refractivity contribution in [2.24, 2.45) is 0 Å². The number of anilines is 1. The van der Waals surface area contributed by atoms with Gasteiger partial charge in [0.2, 0.25) is 5.91 Å². The fraction of sp³-hybridized carbons (Fsp3) is 0.0857. The molecule has 1 atom stereocenters. The quantitative estimate of drug-likeness (QED) is 0.119. The summed E-state index contributed by atoms with van der Waals surface area (Å²) >= 11 is 0. The number of rotatable bonds is 13. The summed E-state index contributed by atoms with van der Waals surface area (Å²) in [7, 11) is -3.87. The normalized spacial score (nSPS) is 11.7. The highest BCUT2D eigenvalue weighted by Crippen LogP contribution is 2.47. The van der Waals surface area contributed by atoms with E-state index in [1.54, 1.807) is 48.5 Å². The van der Waals surface area contributed by atoms with Crippen molar-refractivity contribution in [3.8, 4) is 22.6 Å². The van der Waals surface area contributed by atoms with Crippen molar-refractivity contribution in [1.29, 1.82) is 0 Å². The molecule has 0 radical (unpaired) electrons. The number of para-hydroxylation sites is 2. The fourth-order valence-electron chi connectivity index (χ4n) is 4.47. The first-order chi connectivity index (χ1) is 21.4. The van der Waals surface area contributed by atoms with E-state index in [4.69, 9.17) is 9.05 Å². The number of carboxylic acids is 1. The predicted molar refractivity (Wildman–Crippen MR) is 171 cm³/mol. The Morgan fingerprint density at radius 1 is 0.659 bits per heavy atom. The highest BCUT2D eigenvalue weighted by molar-refractivity contribution is 7.54. The van der Waals surface area contributed by atoms with E-state index in [9.17, 15) is 19.3 Å². The molecule has 5 rings (SSSR count). The maximum atomic E-state index is 14.1. The molecule has 0 heterocycles. The smallest absolute Gasteiger partial charge is 0.444 e. The van der Waals surface area contributed by atoms with Crippen molar-refractivity contribution in [3.63, 3.8) is 0 Å². The van der Waals surface area contributed by atoms with Gasteiger partial charge in [-0.2, -0.15) is 0 Å². The molecule has 0 unspecified atom stereocenters. The van der Waals surface area contributed by atoms with Gasteiger partial charge in [-0.1, -0.05) is 91.0 Å². The fourth-order valence-corrected chi connectivity index (χ4v) is 5.97. The van der Waals surface area contributed by atoms with E-state index in [0.29, 0.717) is 17.2 Å². The van der Waals surface area contributed by atoms with Gasteiger partial charge >= 0.3 is 13.6 Å². The average molecular weight is 607 g/mol. The number of carbonyl (C=O) groups is 2. The molecule has 0 fully saturated rings. The summed E-state index contributed by atoms with van der Waals surface area (Å²) in [6.07, 6.45) is -0.000285. The first kappa shape index (κ1) is 30.3. The molecule has 44 heavy (non-hydrogen) atoms. The molecule has 0 aliphatic carbocycles. The van der Waals surface area contributed by atoms with Crippen molar-refractivity contribution in [2.45, 2.75) is 12.5 Å². The van der Waals surface area contributed by atoms with Crippen molar-refractivity contribution < 1.29 is 28.3 Å². The number of carbonyl (C=O) groups excluding carboxylic acids is 1. The Morgan fingerprint density at radius 3 is 1.68 bits per heavy atom. The number of carboxylic acid groups (broad SMARTS) is 1. The Morgan fingerprint density at radius 2 is 1.16 bits per heavy atom. The Bertz CT molecular complexity index is 1670. The van der Waals surface area contributed by atoms with Crippen LogP contribution in [0.5, 0.6) is 11.5 Å². The molecule has 0 saturated heterocycles. The van der Waals surface area contributed by atoms with E-state index in [-0.39, 0.29) is 18.3 Å². The van der Waals surface area contributed by atoms with Gasteiger partial charge in [-0.3, -0.25) is 10.1 Å². The zero-order valence-corrected chi connectivity index (χ0v) is 24.6. The molecule has 1 amide bonds. The van der Waals surface area contributed by atoms with Crippen LogP contribution < -0.4 is 19.7 Å². The van der Waals surface area contributed by atoms with Gasteiger partial charge < -0.3 is 19.5 Å². The summed E-state index contributed by atoms with van der Waals surface area (Å²) in [5.74, 6) is -0.727. The predicted octanol–water partition coefficient (Wildman–Crippen LogP) is 7.50. The summed E-state index contributed by atoms with van der Waals surface area (Å²) < 4.78 is 25.9. The van der Waals surface area contributed by atoms with Crippen molar-refractivity contribution in [2.75, 3.05) is 11.6 Å². The van der Waals surface area contributed by atoms with Crippen LogP contribution in [0.3, 0.4) is 0 Å². The minimum atomic E-state index is -3.87. The second-order valence-electron chi connectivity index (χ2n) is 9.97. The Labute approximate surface area is 255 Å². The van der Waals surface area contributed by atoms with E-state index in [1.807, 2.05) is 66.7 Å². The zero-order valence-electron chi connectivity index (χ0n) is 23.7. The number of hydrogen-bond acceptors (Lipinski definition) is 6. The molecule has 0 saturated carbocycles. The zero-order chi connectivity index (χ0) is 30.8. The van der Waals surface area contributed by atoms with Crippen LogP contribution in [0.2, 0.25) is 0 Å². The molecule has 9 heteroatoms. The van der Waals surface area contributed by atoms with Crippen molar-refractivity contribution >= 4 is 25.2 Å². The topological polar surface area (TPSA) is 114 Å². The van der Waals surface area contributed by atoms with Crippen molar-refractivity contribution in [3.05, 3.63) is 151 Å². The molecule has 0 bridgehead atoms. The van der Waals surface area contributed by atoms with E-state index in [0.717, 1.165) is 16.7 Å². The van der Waals surface area contributed by atoms with Gasteiger partial charge in [-0.05, 0) is 71.6 Å². The van der Waals surface area contributed by atoms with E-state index < -0.39 is 25.5 Å². The second kappa shape index (κ2) is 14.3. The molecule has 0 aromatic heterocycles. The van der Waals surface area contributed by atoms with Crippen LogP contribution in [-0.2, 0) is 15.8 Å². The van der Waals surface area contributed by atoms with E-state index >= 15 is 0 Å². The van der Waals surface area contributed by atoms with Crippen LogP contribution in [0, 0.1) is 0 Å². The molecule has 5 aromatic rings. The lowest BCUT2D eigenvalue weighted by atomic mass is 10.0. The largest absolute Gasteiger partial charge is 0.478 e. The standard InChI is InChI=1S/C35H31N2O6P/c38-34(37-30-22-20-29(21-23-30)35(39)40)33(24-26-16-18-28(19-17-26)27-10-4-1-5-11-27)36-25-44(41,42-31-12-6-2-7-13-31)43-32-14-8-3-9-15-32/h1-23,33,36H,24-25H2,(H,37,38)(H,39,40)/t33-/m0/s1. The average Bonchev–Trinajstić information content (AvgIpc) is 3.05. The summed E-state index contributed by atoms with van der Waals surface area (Å²) in [5, 5.41) is 15.2. The highest BCUT2D eigenvalue weighted by Gasteiger charge is 2.31. The summed E-state index contributed by atoms with van der Waals surface area (Å²) in [5.41, 5.74) is 3.53. The van der Waals surface area contributed by atoms with Gasteiger partial charge in [-0.25, -0.2) is 9.36 Å². The third-order valence-corrected chi connectivity index (χ3v) is 8.27. The van der Waals surface area contributed by atoms with Crippen LogP contribution in [0.4, 0.5) is 5.69 Å². The Balaban J connectivity index is 1.38. The molecule has 222 valence electrons. The van der Waals surface area contributed by atoms with Crippen LogP contribution in [0.25, 0.3) is 11.1 Å². The molecule has 5 aromatic carbocycles. The highest BCUT2D eigenvalue weighted by atomic mass is 31.2. The maximum absolute atomic E-state index is 14.1. The molecule has 8 nitrogen and oxygen atoms in total. The molecule has 0 aliphatic rings. The van der Waals surface area contributed by atoms with Gasteiger partial charge in [0.05, 0.1) is 11.6 Å². The second-order valence-corrected chi connectivity index (χ2v) is 11.9. The third-order valence-electron chi connectivity index (χ3n) is 6.72. The Kier molecular flexibility index (Phi) is 9.87. The number of nitrogens with one attached hydrogen (secondary N) is 2. The van der Waals surface area contributed by atoms with Crippen molar-refractivity contribution in [1.82, 2.24) is 5.32 Å². The van der Waals surface area contributed by atoms with Crippen LogP contribution >= 0.6 is 7.60 Å². The van der Waals surface area contributed by atoms with Gasteiger partial charge in [-0.15, -0.1) is 0 Å². The van der Waals surface area contributed by atoms with Gasteiger partial charge in [0.15, 0.2) is 0 Å². The molecular weight excluding hydrogens is 575 g/mol. The molecule has 0 aliphatic heterocycles. The van der Waals surface area contributed by atoms with Crippen LogP contribution in [0.1, 0.15) is 15.9 Å². The molecular formula is C35H31N2O6P. The number of benzene rings is 5. The molecule has 0 spiro atoms. The minimum absolute atomic E-state index is 0.105. The van der Waals surface area contributed by atoms with Gasteiger partial charge in [0.1, 0.15) is 17.8 Å². The Hall–Kier alpha value is -5.17. The summed E-state index contributed by atoms with van der Waals surface area (Å²) in [4.78, 5) is 24.9. The number of aromatic carboxylic acids is 1. The first-order valence-electron chi connectivity index (χ1n) is 14.0. The number of amides is 1. The summed E-state index contributed by atoms with van der Waals surface area (Å²) in [6, 6.07) is 40.3. The van der Waals surface area contributed by atoms with E-state index in [1.165, 1.54) is 24.3 Å². The third kappa shape index (κ3) is 8.44. The monoisotopic (exact) mass is 606 g/mol. The lowest BCUT2D eigenvalue weighted by Crippen LogP contribution is -2.43. The SMILES string of the molecule is O=C(O)c1ccc(NC(=O)[C@H](Cc2ccc(-c3ccccc3)cc2)NCP(=O)(Oc2ccccc2)Oc2ccccc2)cc1. The number of hydrogen-bond donors (Lipinski definition) is 3. The minimum Gasteiger partial charge on any atom is -0.478 e. The summed E-state index contributed by atoms with van der Waals surface area (Å²) in [6.45, 7) is 0. The van der Waals surface area contributed by atoms with Gasteiger partial charge in [0.25, 0.3) is 0 Å². The molecule has 3 N–H and O–H groups in total. The lowest BCUT2D eigenvalue weighted by molar-refractivity contribution is -0.118. The first-order valence-corrected chi connectivity index (χ1v) is 15.7. The lowest BCUT2D eigenvalue weighted by Gasteiger charge is -2.24. The van der Waals surface area contributed by atoms with Crippen LogP contribution in [0.15, 0.2) is 140 Å². The van der Waals surface area contributed by atoms with Crippen LogP contribution in [-0.4, -0.2) is 29.3 Å². The van der Waals surface area contributed by atoms with Gasteiger partial charge in [0, 0.05) is 5.69 Å².